The van der Waals surface area contributed by atoms with Gasteiger partial charge >= 0.3 is 5.69 Å². The first-order chi connectivity index (χ1) is 11.9. The van der Waals surface area contributed by atoms with Gasteiger partial charge in [0, 0.05) is 5.56 Å². The molecule has 0 atom stereocenters. The minimum Gasteiger partial charge on any atom is -0.337 e. The fourth-order valence-electron chi connectivity index (χ4n) is 2.25. The zero-order valence-corrected chi connectivity index (χ0v) is 12.7. The molecule has 0 bridgehead atoms. The smallest absolute Gasteiger partial charge is 0.319 e. The molecule has 0 amide bonds. The largest absolute Gasteiger partial charge is 0.337 e. The molecular weight excluding hydrogens is 343 g/mol. The second kappa shape index (κ2) is 6.34. The summed E-state index contributed by atoms with van der Waals surface area (Å²) < 4.78 is 44.8. The van der Waals surface area contributed by atoms with Crippen molar-refractivity contribution in [3.8, 4) is 11.4 Å². The number of nitrogens with zero attached hydrogens (tertiary/aromatic N) is 5. The molecule has 2 heterocycles. The van der Waals surface area contributed by atoms with Crippen LogP contribution in [0.1, 0.15) is 23.7 Å². The minimum atomic E-state index is -3.09. The molecule has 0 saturated heterocycles. The second-order valence-corrected chi connectivity index (χ2v) is 5.05. The van der Waals surface area contributed by atoms with Gasteiger partial charge in [0.15, 0.2) is 0 Å². The topological polar surface area (TPSA) is 99.9 Å². The first-order valence-electron chi connectivity index (χ1n) is 6.95. The Morgan fingerprint density at radius 2 is 2.00 bits per heavy atom. The van der Waals surface area contributed by atoms with Crippen LogP contribution in [-0.4, -0.2) is 24.8 Å². The molecule has 8 nitrogen and oxygen atoms in total. The van der Waals surface area contributed by atoms with Crippen LogP contribution in [0.5, 0.6) is 0 Å². The summed E-state index contributed by atoms with van der Waals surface area (Å²) in [6.07, 6.45) is -3.09. The Morgan fingerprint density at radius 3 is 2.56 bits per heavy atom. The molecule has 25 heavy (non-hydrogen) atoms. The molecule has 130 valence electrons. The fraction of sp³-hybridized carbons (Fsp3) is 0.214. The normalized spacial score (nSPS) is 11.2. The van der Waals surface area contributed by atoms with Crippen LogP contribution in [0.2, 0.25) is 0 Å². The molecule has 0 fully saturated rings. The second-order valence-electron chi connectivity index (χ2n) is 5.05. The summed E-state index contributed by atoms with van der Waals surface area (Å²) in [5, 5.41) is 18.2. The van der Waals surface area contributed by atoms with E-state index in [9.17, 15) is 23.3 Å². The predicted octanol–water partition coefficient (Wildman–Crippen LogP) is 3.27. The molecule has 0 N–H and O–H groups in total. The molecule has 2 aromatic heterocycles. The molecule has 0 aliphatic carbocycles. The first kappa shape index (κ1) is 16.6. The molecule has 0 aliphatic rings. The van der Waals surface area contributed by atoms with Crippen molar-refractivity contribution in [2.45, 2.75) is 19.9 Å². The van der Waals surface area contributed by atoms with Crippen molar-refractivity contribution in [2.24, 2.45) is 0 Å². The van der Waals surface area contributed by atoms with Gasteiger partial charge in [-0.1, -0.05) is 5.16 Å². The Balaban J connectivity index is 1.90. The van der Waals surface area contributed by atoms with E-state index in [0.29, 0.717) is 5.56 Å². The molecule has 0 aliphatic heterocycles. The molecule has 3 rings (SSSR count). The van der Waals surface area contributed by atoms with E-state index in [4.69, 9.17) is 4.52 Å². The molecule has 0 radical (unpaired) electrons. The van der Waals surface area contributed by atoms with E-state index in [1.165, 1.54) is 31.2 Å². The summed E-state index contributed by atoms with van der Waals surface area (Å²) in [6, 6.07) is 5.34. The van der Waals surface area contributed by atoms with E-state index in [0.717, 1.165) is 4.68 Å². The number of benzene rings is 1. The van der Waals surface area contributed by atoms with Crippen molar-refractivity contribution in [1.29, 1.82) is 0 Å². The Labute approximate surface area is 138 Å². The third-order valence-electron chi connectivity index (χ3n) is 3.45. The number of hydrogen-bond donors (Lipinski definition) is 0. The highest BCUT2D eigenvalue weighted by atomic mass is 19.3. The van der Waals surface area contributed by atoms with Crippen molar-refractivity contribution in [3.05, 3.63) is 57.5 Å². The average molecular weight is 353 g/mol. The number of hydrogen-bond acceptors (Lipinski definition) is 6. The zero-order chi connectivity index (χ0) is 18.1. The molecule has 11 heteroatoms. The fourth-order valence-corrected chi connectivity index (χ4v) is 2.25. The number of nitro groups is 1. The lowest BCUT2D eigenvalue weighted by atomic mass is 10.2. The van der Waals surface area contributed by atoms with Gasteiger partial charge in [0.05, 0.1) is 4.92 Å². The monoisotopic (exact) mass is 353 g/mol. The van der Waals surface area contributed by atoms with Gasteiger partial charge in [-0.15, -0.1) is 0 Å². The van der Waals surface area contributed by atoms with Gasteiger partial charge in [-0.05, 0) is 31.2 Å². The summed E-state index contributed by atoms with van der Waals surface area (Å²) in [5.41, 5.74) is -1.22. The number of halogens is 3. The lowest BCUT2D eigenvalue weighted by Crippen LogP contribution is -2.05. The lowest BCUT2D eigenvalue weighted by Gasteiger charge is -1.98. The lowest BCUT2D eigenvalue weighted by molar-refractivity contribution is -0.386. The number of rotatable bonds is 5. The summed E-state index contributed by atoms with van der Waals surface area (Å²) in [6.45, 7) is 1.09. The van der Waals surface area contributed by atoms with Crippen LogP contribution in [0.25, 0.3) is 11.4 Å². The standard InChI is InChI=1S/C14H10F3N5O3/c1-7-12(22(23)24)11(13(16)17)19-21(7)6-10-18-14(20-25-10)8-2-4-9(15)5-3-8/h2-5,13H,6H2,1H3. The zero-order valence-electron chi connectivity index (χ0n) is 12.7. The summed E-state index contributed by atoms with van der Waals surface area (Å²) in [4.78, 5) is 14.1. The third kappa shape index (κ3) is 3.20. The Bertz CT molecular complexity index is 920. The predicted molar refractivity (Wildman–Crippen MR) is 77.4 cm³/mol. The molecule has 1 aromatic carbocycles. The summed E-state index contributed by atoms with van der Waals surface area (Å²) >= 11 is 0. The molecule has 0 unspecified atom stereocenters. The molecule has 0 spiro atoms. The van der Waals surface area contributed by atoms with Crippen LogP contribution in [0, 0.1) is 22.9 Å². The van der Waals surface area contributed by atoms with Crippen molar-refractivity contribution in [1.82, 2.24) is 19.9 Å². The maximum Gasteiger partial charge on any atom is 0.319 e. The van der Waals surface area contributed by atoms with Crippen LogP contribution in [0.4, 0.5) is 18.9 Å². The third-order valence-corrected chi connectivity index (χ3v) is 3.45. The highest BCUT2D eigenvalue weighted by Gasteiger charge is 2.31. The van der Waals surface area contributed by atoms with E-state index in [-0.39, 0.29) is 24.0 Å². The number of alkyl halides is 2. The SMILES string of the molecule is Cc1c([N+](=O)[O-])c(C(F)F)nn1Cc1nc(-c2ccc(F)cc2)no1. The van der Waals surface area contributed by atoms with Gasteiger partial charge in [-0.25, -0.2) is 13.2 Å². The van der Waals surface area contributed by atoms with Gasteiger partial charge in [0.2, 0.25) is 17.4 Å². The van der Waals surface area contributed by atoms with Gasteiger partial charge in [-0.3, -0.25) is 14.8 Å². The maximum absolute atomic E-state index is 12.9. The van der Waals surface area contributed by atoms with Crippen LogP contribution in [0.3, 0.4) is 0 Å². The van der Waals surface area contributed by atoms with E-state index in [1.54, 1.807) is 0 Å². The van der Waals surface area contributed by atoms with Crippen LogP contribution >= 0.6 is 0 Å². The van der Waals surface area contributed by atoms with Crippen molar-refractivity contribution in [2.75, 3.05) is 0 Å². The molecule has 0 saturated carbocycles. The van der Waals surface area contributed by atoms with Gasteiger partial charge in [-0.2, -0.15) is 10.1 Å². The quantitative estimate of drug-likeness (QED) is 0.515. The van der Waals surface area contributed by atoms with Crippen molar-refractivity contribution >= 4 is 5.69 Å². The highest BCUT2D eigenvalue weighted by molar-refractivity contribution is 5.53. The van der Waals surface area contributed by atoms with Crippen LogP contribution < -0.4 is 0 Å². The van der Waals surface area contributed by atoms with E-state index in [2.05, 4.69) is 15.2 Å². The summed E-state index contributed by atoms with van der Waals surface area (Å²) in [7, 11) is 0. The van der Waals surface area contributed by atoms with Gasteiger partial charge in [0.1, 0.15) is 18.1 Å². The van der Waals surface area contributed by atoms with E-state index < -0.39 is 28.5 Å². The Hall–Kier alpha value is -3.24. The Kier molecular flexibility index (Phi) is 4.21. The van der Waals surface area contributed by atoms with Crippen molar-refractivity contribution < 1.29 is 22.6 Å². The van der Waals surface area contributed by atoms with Crippen molar-refractivity contribution in [3.63, 3.8) is 0 Å². The first-order valence-corrected chi connectivity index (χ1v) is 6.95. The average Bonchev–Trinajstić information content (AvgIpc) is 3.14. The molecule has 3 aromatic rings. The number of aromatic nitrogens is 4. The Morgan fingerprint density at radius 1 is 1.32 bits per heavy atom. The van der Waals surface area contributed by atoms with Gasteiger partial charge in [0.25, 0.3) is 6.43 Å². The minimum absolute atomic E-state index is 0.0145. The highest BCUT2D eigenvalue weighted by Crippen LogP contribution is 2.31. The van der Waals surface area contributed by atoms with Crippen LogP contribution in [-0.2, 0) is 6.54 Å². The van der Waals surface area contributed by atoms with Crippen LogP contribution in [0.15, 0.2) is 28.8 Å². The van der Waals surface area contributed by atoms with E-state index >= 15 is 0 Å². The van der Waals surface area contributed by atoms with Gasteiger partial charge < -0.3 is 4.52 Å². The maximum atomic E-state index is 12.9. The van der Waals surface area contributed by atoms with E-state index in [1.807, 2.05) is 0 Å². The summed E-state index contributed by atoms with van der Waals surface area (Å²) in [5.74, 6) is -0.240. The molecular formula is C14H10F3N5O3.